The number of amides is 1. The van der Waals surface area contributed by atoms with Crippen molar-refractivity contribution in [1.29, 1.82) is 0 Å². The summed E-state index contributed by atoms with van der Waals surface area (Å²) in [6.07, 6.45) is 3.04. The van der Waals surface area contributed by atoms with Crippen LogP contribution >= 0.6 is 11.8 Å². The molecule has 1 aromatic carbocycles. The van der Waals surface area contributed by atoms with Crippen molar-refractivity contribution >= 4 is 28.8 Å². The maximum Gasteiger partial charge on any atom is 0.338 e. The number of carbonyl (C=O) groups excluding carboxylic acids is 2. The maximum absolute atomic E-state index is 13.1. The number of benzene rings is 1. The number of carbonyl (C=O) groups is 2. The third-order valence-corrected chi connectivity index (χ3v) is 6.98. The smallest absolute Gasteiger partial charge is 0.338 e. The quantitative estimate of drug-likeness (QED) is 0.468. The van der Waals surface area contributed by atoms with Gasteiger partial charge in [0.05, 0.1) is 45.1 Å². The van der Waals surface area contributed by atoms with Crippen LogP contribution in [0.1, 0.15) is 37.1 Å². The van der Waals surface area contributed by atoms with Crippen LogP contribution in [0.4, 0.5) is 0 Å². The molecule has 37 heavy (non-hydrogen) atoms. The third-order valence-electron chi connectivity index (χ3n) is 6.09. The highest BCUT2D eigenvalue weighted by molar-refractivity contribution is 8.16. The van der Waals surface area contributed by atoms with E-state index in [1.165, 1.54) is 18.9 Å². The van der Waals surface area contributed by atoms with E-state index in [4.69, 9.17) is 19.2 Å². The second-order valence-corrected chi connectivity index (χ2v) is 9.18. The standard InChI is InChI=1S/C27H30N4O5S/c1-5-22-24(26(33)36-4)25(17-12-20(34-2)15-21(13-17)35-3)31-19(16-37-27(31)30-22)14-23(32)29-11-9-18-8-6-7-10-28-18/h6-8,10,12-13,15-16,25H,5,9,11,14H2,1-4H3,(H,29,32)/t25-/m0/s1. The summed E-state index contributed by atoms with van der Waals surface area (Å²) in [4.78, 5) is 37.0. The number of nitrogens with zero attached hydrogens (tertiary/aromatic N) is 3. The molecule has 0 aliphatic carbocycles. The van der Waals surface area contributed by atoms with Crippen molar-refractivity contribution < 1.29 is 23.8 Å². The van der Waals surface area contributed by atoms with Crippen LogP contribution in [0, 0.1) is 0 Å². The highest BCUT2D eigenvalue weighted by Crippen LogP contribution is 2.46. The molecule has 4 rings (SSSR count). The summed E-state index contributed by atoms with van der Waals surface area (Å²) >= 11 is 1.43. The molecule has 1 atom stereocenters. The first-order valence-corrected chi connectivity index (χ1v) is 12.8. The van der Waals surface area contributed by atoms with E-state index < -0.39 is 12.0 Å². The van der Waals surface area contributed by atoms with Crippen molar-refractivity contribution in [3.05, 3.63) is 76.2 Å². The van der Waals surface area contributed by atoms with Crippen molar-refractivity contribution in [3.8, 4) is 11.5 Å². The number of methoxy groups -OCH3 is 3. The Morgan fingerprint density at radius 1 is 1.11 bits per heavy atom. The number of pyridine rings is 1. The summed E-state index contributed by atoms with van der Waals surface area (Å²) in [5.74, 6) is 0.578. The zero-order valence-corrected chi connectivity index (χ0v) is 22.1. The van der Waals surface area contributed by atoms with Gasteiger partial charge in [0.2, 0.25) is 5.91 Å². The minimum Gasteiger partial charge on any atom is -0.497 e. The zero-order chi connectivity index (χ0) is 26.4. The van der Waals surface area contributed by atoms with Gasteiger partial charge in [-0.2, -0.15) is 0 Å². The number of aromatic nitrogens is 1. The summed E-state index contributed by atoms with van der Waals surface area (Å²) in [6.45, 7) is 2.42. The number of esters is 1. The van der Waals surface area contributed by atoms with Crippen LogP contribution < -0.4 is 14.8 Å². The second-order valence-electron chi connectivity index (χ2n) is 8.34. The molecule has 2 aromatic rings. The van der Waals surface area contributed by atoms with Gasteiger partial charge in [-0.15, -0.1) is 0 Å². The molecule has 0 saturated heterocycles. The van der Waals surface area contributed by atoms with Gasteiger partial charge in [0.15, 0.2) is 5.17 Å². The average molecular weight is 523 g/mol. The first kappa shape index (κ1) is 26.3. The fraction of sp³-hybridized carbons (Fsp3) is 0.333. The molecule has 10 heteroatoms. The second kappa shape index (κ2) is 12.0. The lowest BCUT2D eigenvalue weighted by molar-refractivity contribution is -0.136. The van der Waals surface area contributed by atoms with Gasteiger partial charge < -0.3 is 24.4 Å². The average Bonchev–Trinajstić information content (AvgIpc) is 3.33. The highest BCUT2D eigenvalue weighted by atomic mass is 32.2. The Bertz CT molecular complexity index is 1240. The largest absolute Gasteiger partial charge is 0.497 e. The predicted octanol–water partition coefficient (Wildman–Crippen LogP) is 3.99. The molecule has 2 aliphatic rings. The fourth-order valence-corrected chi connectivity index (χ4v) is 5.26. The SMILES string of the molecule is CCC1=C(C(=O)OC)[C@H](c2cc(OC)cc(OC)c2)N2C(CC(=O)NCCc3ccccn3)=CSC2=N1. The number of allylic oxidation sites excluding steroid dienone is 1. The van der Waals surface area contributed by atoms with Crippen molar-refractivity contribution in [3.63, 3.8) is 0 Å². The molecule has 0 radical (unpaired) electrons. The topological polar surface area (TPSA) is 102 Å². The van der Waals surface area contributed by atoms with E-state index in [0.717, 1.165) is 17.0 Å². The number of hydrogen-bond acceptors (Lipinski definition) is 9. The monoisotopic (exact) mass is 522 g/mol. The third kappa shape index (κ3) is 5.80. The molecule has 0 fully saturated rings. The number of nitrogens with one attached hydrogen (secondary N) is 1. The van der Waals surface area contributed by atoms with E-state index >= 15 is 0 Å². The summed E-state index contributed by atoms with van der Waals surface area (Å²) in [5.41, 5.74) is 3.48. The molecule has 2 aliphatic heterocycles. The predicted molar refractivity (Wildman–Crippen MR) is 142 cm³/mol. The number of ether oxygens (including phenoxy) is 3. The lowest BCUT2D eigenvalue weighted by atomic mass is 9.92. The van der Waals surface area contributed by atoms with Gasteiger partial charge in [0, 0.05) is 36.6 Å². The molecular formula is C27H30N4O5S. The molecule has 1 amide bonds. The van der Waals surface area contributed by atoms with E-state index in [2.05, 4.69) is 10.3 Å². The van der Waals surface area contributed by atoms with E-state index in [9.17, 15) is 9.59 Å². The molecule has 3 heterocycles. The molecule has 9 nitrogen and oxygen atoms in total. The Morgan fingerprint density at radius 3 is 2.49 bits per heavy atom. The number of rotatable bonds is 10. The van der Waals surface area contributed by atoms with Crippen LogP contribution in [0.2, 0.25) is 0 Å². The molecule has 0 spiro atoms. The van der Waals surface area contributed by atoms with Crippen LogP contribution in [-0.2, 0) is 20.7 Å². The minimum atomic E-state index is -0.568. The number of thioether (sulfide) groups is 1. The van der Waals surface area contributed by atoms with Crippen LogP contribution in [0.5, 0.6) is 11.5 Å². The number of aliphatic imine (C=N–C) groups is 1. The minimum absolute atomic E-state index is 0.127. The Morgan fingerprint density at radius 2 is 1.86 bits per heavy atom. The molecule has 0 unspecified atom stereocenters. The fourth-order valence-electron chi connectivity index (χ4n) is 4.32. The van der Waals surface area contributed by atoms with E-state index in [1.807, 2.05) is 47.6 Å². The Balaban J connectivity index is 1.64. The molecule has 194 valence electrons. The van der Waals surface area contributed by atoms with E-state index in [-0.39, 0.29) is 12.3 Å². The van der Waals surface area contributed by atoms with Gasteiger partial charge in [-0.1, -0.05) is 24.8 Å². The van der Waals surface area contributed by atoms with Gasteiger partial charge in [0.1, 0.15) is 11.5 Å². The number of amidine groups is 1. The van der Waals surface area contributed by atoms with Gasteiger partial charge in [-0.25, -0.2) is 9.79 Å². The van der Waals surface area contributed by atoms with Gasteiger partial charge in [-0.05, 0) is 41.7 Å². The molecule has 1 aromatic heterocycles. The molecule has 0 saturated carbocycles. The number of fused-ring (bicyclic) bond motifs is 1. The van der Waals surface area contributed by atoms with Gasteiger partial charge in [0.25, 0.3) is 0 Å². The van der Waals surface area contributed by atoms with Crippen LogP contribution in [0.15, 0.2) is 70.0 Å². The Kier molecular flexibility index (Phi) is 8.50. The van der Waals surface area contributed by atoms with Crippen LogP contribution in [-0.4, -0.2) is 54.8 Å². The number of hydrogen-bond donors (Lipinski definition) is 1. The van der Waals surface area contributed by atoms with Gasteiger partial charge in [-0.3, -0.25) is 9.78 Å². The first-order valence-electron chi connectivity index (χ1n) is 11.9. The summed E-state index contributed by atoms with van der Waals surface area (Å²) in [5, 5.41) is 5.58. The maximum atomic E-state index is 13.1. The normalized spacial score (nSPS) is 16.5. The Hall–Kier alpha value is -3.79. The molecular weight excluding hydrogens is 492 g/mol. The lowest BCUT2D eigenvalue weighted by Crippen LogP contribution is -2.38. The summed E-state index contributed by atoms with van der Waals surface area (Å²) in [6, 6.07) is 10.6. The Labute approximate surface area is 220 Å². The zero-order valence-electron chi connectivity index (χ0n) is 21.3. The molecule has 0 bridgehead atoms. The van der Waals surface area contributed by atoms with Crippen LogP contribution in [0.25, 0.3) is 0 Å². The van der Waals surface area contributed by atoms with E-state index in [0.29, 0.717) is 47.3 Å². The first-order chi connectivity index (χ1) is 18.0. The molecule has 1 N–H and O–H groups in total. The van der Waals surface area contributed by atoms with Crippen molar-refractivity contribution in [1.82, 2.24) is 15.2 Å². The highest BCUT2D eigenvalue weighted by Gasteiger charge is 2.41. The van der Waals surface area contributed by atoms with E-state index in [1.54, 1.807) is 26.5 Å². The van der Waals surface area contributed by atoms with Crippen molar-refractivity contribution in [2.45, 2.75) is 32.2 Å². The van der Waals surface area contributed by atoms with Crippen LogP contribution in [0.3, 0.4) is 0 Å². The van der Waals surface area contributed by atoms with Gasteiger partial charge >= 0.3 is 5.97 Å². The van der Waals surface area contributed by atoms with Crippen molar-refractivity contribution in [2.75, 3.05) is 27.9 Å². The summed E-state index contributed by atoms with van der Waals surface area (Å²) < 4.78 is 16.2. The lowest BCUT2D eigenvalue weighted by Gasteiger charge is -2.36. The van der Waals surface area contributed by atoms with Crippen molar-refractivity contribution in [2.24, 2.45) is 4.99 Å². The summed E-state index contributed by atoms with van der Waals surface area (Å²) in [7, 11) is 4.51.